The molecule has 2 aromatic rings. The zero-order valence-electron chi connectivity index (χ0n) is 15.8. The molecule has 1 aromatic carbocycles. The predicted molar refractivity (Wildman–Crippen MR) is 106 cm³/mol. The molecule has 3 heterocycles. The van der Waals surface area contributed by atoms with Gasteiger partial charge in [-0.3, -0.25) is 4.79 Å². The van der Waals surface area contributed by atoms with Gasteiger partial charge in [0, 0.05) is 31.0 Å². The molecule has 0 atom stereocenters. The molecule has 29 heavy (non-hydrogen) atoms. The minimum atomic E-state index is -3.50. The minimum Gasteiger partial charge on any atom is -0.455 e. The molecule has 0 radical (unpaired) electrons. The number of carbonyl (C=O) groups excluding carboxylic acids is 1. The highest BCUT2D eigenvalue weighted by molar-refractivity contribution is 7.89. The van der Waals surface area contributed by atoms with Crippen molar-refractivity contribution in [3.63, 3.8) is 0 Å². The Bertz CT molecular complexity index is 986. The van der Waals surface area contributed by atoms with Gasteiger partial charge in [0.2, 0.25) is 0 Å². The quantitative estimate of drug-likeness (QED) is 0.711. The van der Waals surface area contributed by atoms with E-state index in [2.05, 4.69) is 0 Å². The Hall–Kier alpha value is -1.87. The van der Waals surface area contributed by atoms with E-state index < -0.39 is 15.6 Å². The summed E-state index contributed by atoms with van der Waals surface area (Å²) in [5.41, 5.74) is 0.538. The fraction of sp³-hybridized carbons (Fsp3) is 0.450. The molecule has 0 saturated carbocycles. The van der Waals surface area contributed by atoms with Crippen LogP contribution in [0.25, 0.3) is 0 Å². The van der Waals surface area contributed by atoms with Crippen LogP contribution in [-0.4, -0.2) is 51.3 Å². The Morgan fingerprint density at radius 3 is 2.41 bits per heavy atom. The average molecular weight is 440 g/mol. The van der Waals surface area contributed by atoms with Crippen LogP contribution in [-0.2, 0) is 30.8 Å². The van der Waals surface area contributed by atoms with Crippen LogP contribution in [0.1, 0.15) is 34.7 Å². The lowest BCUT2D eigenvalue weighted by atomic mass is 10.0. The SMILES string of the molecule is O=C(c1ccc(CS(=O)(=O)Cc2ccccc2Cl)o1)N1CCC2(CC1)OCCO2. The number of carbonyl (C=O) groups is 1. The molecule has 0 N–H and O–H groups in total. The number of benzene rings is 1. The molecule has 0 bridgehead atoms. The molecule has 4 rings (SSSR count). The Morgan fingerprint density at radius 1 is 1.03 bits per heavy atom. The van der Waals surface area contributed by atoms with E-state index in [-0.39, 0.29) is 28.9 Å². The molecular formula is C20H22ClNO6S. The van der Waals surface area contributed by atoms with Crippen LogP contribution in [0.4, 0.5) is 0 Å². The molecule has 1 spiro atoms. The average Bonchev–Trinajstić information content (AvgIpc) is 3.33. The third-order valence-electron chi connectivity index (χ3n) is 5.19. The second kappa shape index (κ2) is 8.10. The second-order valence-corrected chi connectivity index (χ2v) is 9.76. The minimum absolute atomic E-state index is 0.136. The fourth-order valence-corrected chi connectivity index (χ4v) is 5.38. The van der Waals surface area contributed by atoms with Gasteiger partial charge in [-0.25, -0.2) is 8.42 Å². The van der Waals surface area contributed by atoms with Crippen molar-refractivity contribution in [2.45, 2.75) is 30.1 Å². The lowest BCUT2D eigenvalue weighted by Crippen LogP contribution is -2.47. The van der Waals surface area contributed by atoms with Gasteiger partial charge in [-0.2, -0.15) is 0 Å². The summed E-state index contributed by atoms with van der Waals surface area (Å²) in [7, 11) is -3.50. The Labute approximate surface area is 174 Å². The van der Waals surface area contributed by atoms with E-state index in [0.717, 1.165) is 0 Å². The van der Waals surface area contributed by atoms with Crippen molar-refractivity contribution >= 4 is 27.3 Å². The fourth-order valence-electron chi connectivity index (χ4n) is 3.68. The summed E-state index contributed by atoms with van der Waals surface area (Å²) >= 11 is 6.05. The number of nitrogens with zero attached hydrogens (tertiary/aromatic N) is 1. The van der Waals surface area contributed by atoms with E-state index in [1.54, 1.807) is 29.2 Å². The molecule has 156 valence electrons. The van der Waals surface area contributed by atoms with Crippen molar-refractivity contribution in [3.8, 4) is 0 Å². The Morgan fingerprint density at radius 2 is 1.72 bits per heavy atom. The topological polar surface area (TPSA) is 86.0 Å². The monoisotopic (exact) mass is 439 g/mol. The third-order valence-corrected chi connectivity index (χ3v) is 7.04. The van der Waals surface area contributed by atoms with Crippen molar-refractivity contribution in [1.29, 1.82) is 0 Å². The zero-order valence-corrected chi connectivity index (χ0v) is 17.4. The van der Waals surface area contributed by atoms with E-state index >= 15 is 0 Å². The molecule has 2 aliphatic heterocycles. The molecule has 9 heteroatoms. The van der Waals surface area contributed by atoms with E-state index in [0.29, 0.717) is 49.7 Å². The molecule has 1 aromatic heterocycles. The first-order valence-corrected chi connectivity index (χ1v) is 11.7. The molecule has 1 amide bonds. The number of furan rings is 1. The molecule has 2 fully saturated rings. The molecule has 7 nitrogen and oxygen atoms in total. The van der Waals surface area contributed by atoms with E-state index in [1.807, 2.05) is 0 Å². The zero-order chi connectivity index (χ0) is 20.5. The Balaban J connectivity index is 1.38. The van der Waals surface area contributed by atoms with Gasteiger partial charge in [0.05, 0.1) is 19.0 Å². The van der Waals surface area contributed by atoms with Gasteiger partial charge >= 0.3 is 0 Å². The van der Waals surface area contributed by atoms with Gasteiger partial charge in [0.25, 0.3) is 5.91 Å². The first kappa shape index (κ1) is 20.4. The van der Waals surface area contributed by atoms with Crippen LogP contribution in [0.15, 0.2) is 40.8 Å². The summed E-state index contributed by atoms with van der Waals surface area (Å²) in [5, 5.41) is 0.407. The molecule has 2 aliphatic rings. The van der Waals surface area contributed by atoms with Gasteiger partial charge < -0.3 is 18.8 Å². The van der Waals surface area contributed by atoms with E-state index in [4.69, 9.17) is 25.5 Å². The van der Waals surface area contributed by atoms with E-state index in [1.165, 1.54) is 12.1 Å². The van der Waals surface area contributed by atoms with Crippen LogP contribution in [0.5, 0.6) is 0 Å². The van der Waals surface area contributed by atoms with Gasteiger partial charge in [-0.05, 0) is 23.8 Å². The van der Waals surface area contributed by atoms with Crippen LogP contribution < -0.4 is 0 Å². The van der Waals surface area contributed by atoms with Gasteiger partial charge in [-0.15, -0.1) is 0 Å². The van der Waals surface area contributed by atoms with Crippen LogP contribution >= 0.6 is 11.6 Å². The summed E-state index contributed by atoms with van der Waals surface area (Å²) in [6, 6.07) is 9.88. The number of hydrogen-bond acceptors (Lipinski definition) is 6. The second-order valence-electron chi connectivity index (χ2n) is 7.29. The van der Waals surface area contributed by atoms with Gasteiger partial charge in [0.1, 0.15) is 11.5 Å². The normalized spacial score (nSPS) is 19.0. The summed E-state index contributed by atoms with van der Waals surface area (Å²) in [6.07, 6.45) is 1.22. The van der Waals surface area contributed by atoms with Gasteiger partial charge in [-0.1, -0.05) is 29.8 Å². The highest BCUT2D eigenvalue weighted by Gasteiger charge is 2.41. The van der Waals surface area contributed by atoms with Crippen LogP contribution in [0, 0.1) is 0 Å². The number of halogens is 1. The molecule has 0 unspecified atom stereocenters. The highest BCUT2D eigenvalue weighted by Crippen LogP contribution is 2.32. The largest absolute Gasteiger partial charge is 0.455 e. The first-order chi connectivity index (χ1) is 13.9. The van der Waals surface area contributed by atoms with Crippen molar-refractivity contribution < 1.29 is 27.1 Å². The van der Waals surface area contributed by atoms with Crippen molar-refractivity contribution in [2.24, 2.45) is 0 Å². The summed E-state index contributed by atoms with van der Waals surface area (Å²) in [6.45, 7) is 2.16. The number of hydrogen-bond donors (Lipinski definition) is 0. The maximum Gasteiger partial charge on any atom is 0.289 e. The highest BCUT2D eigenvalue weighted by atomic mass is 35.5. The Kier molecular flexibility index (Phi) is 5.70. The maximum atomic E-state index is 12.7. The smallest absolute Gasteiger partial charge is 0.289 e. The van der Waals surface area contributed by atoms with Crippen molar-refractivity contribution in [3.05, 3.63) is 58.5 Å². The number of amides is 1. The maximum absolute atomic E-state index is 12.7. The van der Waals surface area contributed by atoms with E-state index in [9.17, 15) is 13.2 Å². The lowest BCUT2D eigenvalue weighted by molar-refractivity contribution is -0.181. The number of sulfone groups is 1. The molecular weight excluding hydrogens is 418 g/mol. The number of piperidine rings is 1. The van der Waals surface area contributed by atoms with Crippen molar-refractivity contribution in [1.82, 2.24) is 4.90 Å². The summed E-state index contributed by atoms with van der Waals surface area (Å²) in [5.74, 6) is -0.930. The standard InChI is InChI=1S/C20H22ClNO6S/c21-17-4-2-1-3-15(17)13-29(24,25)14-16-5-6-18(28-16)19(23)22-9-7-20(8-10-22)26-11-12-27-20/h1-6H,7-14H2. The number of rotatable bonds is 5. The molecule has 2 saturated heterocycles. The third kappa shape index (κ3) is 4.66. The molecule has 0 aliphatic carbocycles. The first-order valence-electron chi connectivity index (χ1n) is 9.46. The summed E-state index contributed by atoms with van der Waals surface area (Å²) in [4.78, 5) is 14.4. The van der Waals surface area contributed by atoms with Gasteiger partial charge in [0.15, 0.2) is 21.4 Å². The lowest BCUT2D eigenvalue weighted by Gasteiger charge is -2.37. The predicted octanol–water partition coefficient (Wildman–Crippen LogP) is 3.03. The van der Waals surface area contributed by atoms with Crippen LogP contribution in [0.2, 0.25) is 5.02 Å². The van der Waals surface area contributed by atoms with Crippen molar-refractivity contribution in [2.75, 3.05) is 26.3 Å². The summed E-state index contributed by atoms with van der Waals surface area (Å²) < 4.78 is 41.9. The number of likely N-dealkylation sites (tertiary alicyclic amines) is 1. The number of ether oxygens (including phenoxy) is 2. The van der Waals surface area contributed by atoms with Crippen LogP contribution in [0.3, 0.4) is 0 Å².